The van der Waals surface area contributed by atoms with Crippen molar-refractivity contribution in [2.45, 2.75) is 19.3 Å². The van der Waals surface area contributed by atoms with Gasteiger partial charge < -0.3 is 4.74 Å². The van der Waals surface area contributed by atoms with Gasteiger partial charge in [-0.25, -0.2) is 4.68 Å². The highest BCUT2D eigenvalue weighted by molar-refractivity contribution is 5.72. The highest BCUT2D eigenvalue weighted by Gasteiger charge is 2.05. The van der Waals surface area contributed by atoms with Crippen LogP contribution in [-0.4, -0.2) is 22.4 Å². The van der Waals surface area contributed by atoms with Gasteiger partial charge in [-0.05, 0) is 42.2 Å². The molecule has 3 rings (SSSR count). The lowest BCUT2D eigenvalue weighted by Gasteiger charge is -2.06. The van der Waals surface area contributed by atoms with Gasteiger partial charge in [0.15, 0.2) is 0 Å². The molecule has 0 bridgehead atoms. The molecule has 2 aromatic carbocycles. The number of esters is 1. The van der Waals surface area contributed by atoms with Crippen molar-refractivity contribution in [1.29, 1.82) is 0 Å². The van der Waals surface area contributed by atoms with E-state index in [9.17, 15) is 4.79 Å². The average Bonchev–Trinajstić information content (AvgIpc) is 3.15. The van der Waals surface area contributed by atoms with Gasteiger partial charge in [0.2, 0.25) is 0 Å². The zero-order chi connectivity index (χ0) is 16.6. The summed E-state index contributed by atoms with van der Waals surface area (Å²) in [7, 11) is 0. The molecule has 3 aromatic rings. The van der Waals surface area contributed by atoms with Crippen molar-refractivity contribution in [3.05, 3.63) is 84.2 Å². The molecule has 0 saturated carbocycles. The van der Waals surface area contributed by atoms with Crippen LogP contribution in [0.25, 0.3) is 5.69 Å². The minimum absolute atomic E-state index is 0.185. The fourth-order valence-electron chi connectivity index (χ4n) is 2.51. The van der Waals surface area contributed by atoms with E-state index >= 15 is 0 Å². The Balaban J connectivity index is 1.42. The van der Waals surface area contributed by atoms with Crippen LogP contribution in [0, 0.1) is 0 Å². The first-order chi connectivity index (χ1) is 11.8. The molecule has 4 nitrogen and oxygen atoms in total. The standard InChI is InChI=1S/C20H20N2O2/c23-20(24-15-4-8-17-6-2-1-3-7-17)16-18-9-11-19(12-10-18)22-14-5-13-21-22/h1-3,5-7,9-14H,4,8,15-16H2. The third-order valence-corrected chi connectivity index (χ3v) is 3.77. The number of benzene rings is 2. The summed E-state index contributed by atoms with van der Waals surface area (Å²) in [5.74, 6) is -0.185. The number of carbonyl (C=O) groups excluding carboxylic acids is 1. The Labute approximate surface area is 141 Å². The Morgan fingerprint density at radius 2 is 1.75 bits per heavy atom. The molecule has 0 fully saturated rings. The van der Waals surface area contributed by atoms with Crippen molar-refractivity contribution in [3.63, 3.8) is 0 Å². The van der Waals surface area contributed by atoms with Crippen molar-refractivity contribution < 1.29 is 9.53 Å². The van der Waals surface area contributed by atoms with E-state index in [1.54, 1.807) is 10.9 Å². The Kier molecular flexibility index (Phi) is 5.40. The van der Waals surface area contributed by atoms with Crippen LogP contribution in [0.15, 0.2) is 73.1 Å². The van der Waals surface area contributed by atoms with Crippen LogP contribution >= 0.6 is 0 Å². The maximum atomic E-state index is 11.9. The average molecular weight is 320 g/mol. The predicted octanol–water partition coefficient (Wildman–Crippen LogP) is 3.59. The molecule has 0 spiro atoms. The number of aromatic nitrogens is 2. The highest BCUT2D eigenvalue weighted by Crippen LogP contribution is 2.10. The van der Waals surface area contributed by atoms with Gasteiger partial charge in [0, 0.05) is 12.4 Å². The van der Waals surface area contributed by atoms with Gasteiger partial charge >= 0.3 is 5.97 Å². The van der Waals surface area contributed by atoms with Crippen molar-refractivity contribution >= 4 is 5.97 Å². The lowest BCUT2D eigenvalue weighted by molar-refractivity contribution is -0.142. The summed E-state index contributed by atoms with van der Waals surface area (Å²) >= 11 is 0. The maximum Gasteiger partial charge on any atom is 0.310 e. The largest absolute Gasteiger partial charge is 0.465 e. The second-order valence-electron chi connectivity index (χ2n) is 5.60. The summed E-state index contributed by atoms with van der Waals surface area (Å²) < 4.78 is 7.10. The molecule has 0 amide bonds. The van der Waals surface area contributed by atoms with Gasteiger partial charge in [0.05, 0.1) is 18.7 Å². The summed E-state index contributed by atoms with van der Waals surface area (Å²) in [6.45, 7) is 0.457. The zero-order valence-electron chi connectivity index (χ0n) is 13.5. The third kappa shape index (κ3) is 4.56. The Morgan fingerprint density at radius 3 is 2.46 bits per heavy atom. The number of hydrogen-bond donors (Lipinski definition) is 0. The molecule has 0 saturated heterocycles. The topological polar surface area (TPSA) is 44.1 Å². The second kappa shape index (κ2) is 8.11. The van der Waals surface area contributed by atoms with Gasteiger partial charge in [-0.1, -0.05) is 42.5 Å². The fraction of sp³-hybridized carbons (Fsp3) is 0.200. The molecule has 0 aliphatic carbocycles. The van der Waals surface area contributed by atoms with E-state index in [-0.39, 0.29) is 5.97 Å². The lowest BCUT2D eigenvalue weighted by atomic mass is 10.1. The molecule has 0 atom stereocenters. The van der Waals surface area contributed by atoms with Crippen LogP contribution in [0.4, 0.5) is 0 Å². The van der Waals surface area contributed by atoms with E-state index in [1.807, 2.05) is 54.7 Å². The van der Waals surface area contributed by atoms with E-state index in [4.69, 9.17) is 4.74 Å². The lowest BCUT2D eigenvalue weighted by Crippen LogP contribution is -2.09. The molecule has 1 heterocycles. The molecule has 0 radical (unpaired) electrons. The second-order valence-corrected chi connectivity index (χ2v) is 5.60. The number of nitrogens with zero attached hydrogens (tertiary/aromatic N) is 2. The summed E-state index contributed by atoms with van der Waals surface area (Å²) in [5.41, 5.74) is 3.18. The summed E-state index contributed by atoms with van der Waals surface area (Å²) in [4.78, 5) is 11.9. The van der Waals surface area contributed by atoms with Crippen LogP contribution in [0.1, 0.15) is 17.5 Å². The summed E-state index contributed by atoms with van der Waals surface area (Å²) in [6, 6.07) is 19.9. The van der Waals surface area contributed by atoms with E-state index in [0.717, 1.165) is 24.1 Å². The highest BCUT2D eigenvalue weighted by atomic mass is 16.5. The number of ether oxygens (including phenoxy) is 1. The maximum absolute atomic E-state index is 11.9. The van der Waals surface area contributed by atoms with Crippen molar-refractivity contribution in [2.75, 3.05) is 6.61 Å². The van der Waals surface area contributed by atoms with E-state index < -0.39 is 0 Å². The van der Waals surface area contributed by atoms with E-state index in [0.29, 0.717) is 13.0 Å². The van der Waals surface area contributed by atoms with Crippen molar-refractivity contribution in [2.24, 2.45) is 0 Å². The molecule has 0 aliphatic rings. The Bertz CT molecular complexity index is 750. The zero-order valence-corrected chi connectivity index (χ0v) is 13.5. The minimum Gasteiger partial charge on any atom is -0.465 e. The van der Waals surface area contributed by atoms with E-state index in [1.165, 1.54) is 5.56 Å². The molecule has 122 valence electrons. The predicted molar refractivity (Wildman–Crippen MR) is 93.0 cm³/mol. The van der Waals surface area contributed by atoms with Crippen molar-refractivity contribution in [1.82, 2.24) is 9.78 Å². The van der Waals surface area contributed by atoms with Crippen LogP contribution in [-0.2, 0) is 22.4 Å². The Hall–Kier alpha value is -2.88. The first kappa shape index (κ1) is 16.0. The smallest absolute Gasteiger partial charge is 0.310 e. The van der Waals surface area contributed by atoms with Crippen LogP contribution in [0.3, 0.4) is 0 Å². The first-order valence-electron chi connectivity index (χ1n) is 8.10. The van der Waals surface area contributed by atoms with Gasteiger partial charge in [-0.2, -0.15) is 5.10 Å². The summed E-state index contributed by atoms with van der Waals surface area (Å²) in [5, 5.41) is 4.18. The fourth-order valence-corrected chi connectivity index (χ4v) is 2.51. The number of carbonyl (C=O) groups is 1. The molecule has 0 N–H and O–H groups in total. The molecule has 0 aliphatic heterocycles. The van der Waals surface area contributed by atoms with Gasteiger partial charge in [-0.15, -0.1) is 0 Å². The van der Waals surface area contributed by atoms with Crippen LogP contribution < -0.4 is 0 Å². The van der Waals surface area contributed by atoms with Crippen LogP contribution in [0.2, 0.25) is 0 Å². The first-order valence-corrected chi connectivity index (χ1v) is 8.10. The molecular formula is C20H20N2O2. The van der Waals surface area contributed by atoms with Gasteiger partial charge in [0.1, 0.15) is 0 Å². The number of rotatable bonds is 7. The Morgan fingerprint density at radius 1 is 0.958 bits per heavy atom. The quantitative estimate of drug-likeness (QED) is 0.493. The van der Waals surface area contributed by atoms with Gasteiger partial charge in [0.25, 0.3) is 0 Å². The normalized spacial score (nSPS) is 10.5. The summed E-state index contributed by atoms with van der Waals surface area (Å²) in [6.07, 6.45) is 5.68. The van der Waals surface area contributed by atoms with Gasteiger partial charge in [-0.3, -0.25) is 4.79 Å². The SMILES string of the molecule is O=C(Cc1ccc(-n2cccn2)cc1)OCCCc1ccccc1. The molecular weight excluding hydrogens is 300 g/mol. The number of hydrogen-bond acceptors (Lipinski definition) is 3. The number of aryl methyl sites for hydroxylation is 1. The third-order valence-electron chi connectivity index (χ3n) is 3.77. The van der Waals surface area contributed by atoms with Crippen LogP contribution in [0.5, 0.6) is 0 Å². The molecule has 4 heteroatoms. The molecule has 24 heavy (non-hydrogen) atoms. The minimum atomic E-state index is -0.185. The molecule has 0 unspecified atom stereocenters. The van der Waals surface area contributed by atoms with Crippen molar-refractivity contribution in [3.8, 4) is 5.69 Å². The molecule has 1 aromatic heterocycles. The van der Waals surface area contributed by atoms with E-state index in [2.05, 4.69) is 17.2 Å². The monoisotopic (exact) mass is 320 g/mol.